The van der Waals surface area contributed by atoms with Gasteiger partial charge in [0.25, 0.3) is 0 Å². The molecule has 0 saturated carbocycles. The number of para-hydroxylation sites is 2. The van der Waals surface area contributed by atoms with E-state index in [1.54, 1.807) is 0 Å². The molecule has 0 spiro atoms. The van der Waals surface area contributed by atoms with Crippen LogP contribution in [0, 0.1) is 6.92 Å². The van der Waals surface area contributed by atoms with Crippen molar-refractivity contribution in [3.8, 4) is 56.3 Å². The van der Waals surface area contributed by atoms with Gasteiger partial charge in [-0.2, -0.15) is 0 Å². The van der Waals surface area contributed by atoms with Crippen molar-refractivity contribution in [1.82, 2.24) is 14.5 Å². The Labute approximate surface area is 408 Å². The number of imidazole rings is 1. The smallest absolute Gasteiger partial charge is 0.161 e. The highest BCUT2D eigenvalue weighted by Gasteiger charge is 2.44. The van der Waals surface area contributed by atoms with Crippen molar-refractivity contribution in [2.45, 2.75) is 71.1 Å². The molecule has 1 N–H and O–H groups in total. The normalized spacial score (nSPS) is 15.1. The van der Waals surface area contributed by atoms with E-state index >= 15 is 0 Å². The van der Waals surface area contributed by atoms with E-state index in [-0.39, 0.29) is 28.4 Å². The van der Waals surface area contributed by atoms with Crippen molar-refractivity contribution in [2.75, 3.05) is 0 Å². The Bertz CT molecular complexity index is 3900. The van der Waals surface area contributed by atoms with Crippen LogP contribution in [0.15, 0.2) is 180 Å². The Balaban J connectivity index is 1.08. The zero-order valence-electron chi connectivity index (χ0n) is 40.6. The van der Waals surface area contributed by atoms with E-state index in [2.05, 4.69) is 223 Å². The van der Waals surface area contributed by atoms with Gasteiger partial charge in [-0.1, -0.05) is 163 Å². The highest BCUT2D eigenvalue weighted by atomic mass is 16.3. The van der Waals surface area contributed by atoms with Crippen LogP contribution in [0.5, 0.6) is 5.75 Å². The average Bonchev–Trinajstić information content (AvgIpc) is 3.96. The molecule has 0 fully saturated rings. The number of aromatic nitrogens is 3. The van der Waals surface area contributed by atoms with Gasteiger partial charge in [-0.15, -0.1) is 0 Å². The number of rotatable bonds is 5. The predicted molar refractivity (Wildman–Crippen MR) is 286 cm³/mol. The van der Waals surface area contributed by atoms with Crippen LogP contribution >= 0.6 is 0 Å². The lowest BCUT2D eigenvalue weighted by atomic mass is 9.61. The van der Waals surface area contributed by atoms with Crippen LogP contribution < -0.4 is 0 Å². The molecule has 340 valence electrons. The number of aryl methyl sites for hydroxylation is 1. The molecule has 3 aliphatic rings. The van der Waals surface area contributed by atoms with Crippen molar-refractivity contribution in [3.63, 3.8) is 0 Å². The van der Waals surface area contributed by atoms with Crippen molar-refractivity contribution in [2.24, 2.45) is 0 Å². The summed E-state index contributed by atoms with van der Waals surface area (Å²) in [4.78, 5) is 11.1. The zero-order valence-corrected chi connectivity index (χ0v) is 40.6. The first-order chi connectivity index (χ1) is 33.8. The number of aromatic hydroxyl groups is 1. The number of nitrogens with zero attached hydrogens (tertiary/aromatic N) is 3. The van der Waals surface area contributed by atoms with Crippen LogP contribution in [0.1, 0.15) is 103 Å². The molecule has 0 atom stereocenters. The summed E-state index contributed by atoms with van der Waals surface area (Å²) in [5.41, 5.74) is 22.7. The SMILES string of the molecule is Cc1ccccc1-c1cc(-c2cc(-c3nc4ccccc4n3-c3ccc(C(C)(C)C)cc3-c3ccccc3)cc(C(C)(C)C)c2)nc2c1oc1c3c(cc(O)c12)C1c2ccccc2C3c2ccccc21. The largest absolute Gasteiger partial charge is 0.507 e. The van der Waals surface area contributed by atoms with Gasteiger partial charge in [-0.3, -0.25) is 4.57 Å². The van der Waals surface area contributed by atoms with Crippen molar-refractivity contribution in [1.29, 1.82) is 0 Å². The Kier molecular flexibility index (Phi) is 9.17. The lowest BCUT2D eigenvalue weighted by Crippen LogP contribution is -2.27. The lowest BCUT2D eigenvalue weighted by Gasteiger charge is -2.42. The number of pyridine rings is 1. The minimum absolute atomic E-state index is 0.0155. The van der Waals surface area contributed by atoms with E-state index in [0.29, 0.717) is 22.1 Å². The molecule has 0 aliphatic heterocycles. The fourth-order valence-corrected chi connectivity index (χ4v) is 11.6. The van der Waals surface area contributed by atoms with Gasteiger partial charge in [0, 0.05) is 39.7 Å². The summed E-state index contributed by atoms with van der Waals surface area (Å²) in [6.07, 6.45) is 0. The lowest BCUT2D eigenvalue weighted by molar-refractivity contribution is 0.479. The van der Waals surface area contributed by atoms with Crippen molar-refractivity contribution in [3.05, 3.63) is 226 Å². The molecule has 3 aliphatic carbocycles. The molecule has 5 nitrogen and oxygen atoms in total. The first-order valence-corrected chi connectivity index (χ1v) is 24.5. The monoisotopic (exact) mass is 907 g/mol. The molecule has 0 saturated heterocycles. The molecule has 5 heteroatoms. The van der Waals surface area contributed by atoms with Crippen molar-refractivity contribution < 1.29 is 9.52 Å². The molecule has 0 amide bonds. The van der Waals surface area contributed by atoms with Crippen LogP contribution in [0.3, 0.4) is 0 Å². The molecular formula is C65H53N3O2. The van der Waals surface area contributed by atoms with E-state index in [1.165, 1.54) is 27.8 Å². The quantitative estimate of drug-likeness (QED) is 0.187. The van der Waals surface area contributed by atoms with Gasteiger partial charge in [0.15, 0.2) is 5.58 Å². The molecule has 11 aromatic rings. The van der Waals surface area contributed by atoms with Crippen LogP contribution in [0.4, 0.5) is 0 Å². The van der Waals surface area contributed by atoms with Crippen LogP contribution in [-0.4, -0.2) is 19.6 Å². The Morgan fingerprint density at radius 1 is 0.500 bits per heavy atom. The second kappa shape index (κ2) is 15.2. The molecular weight excluding hydrogens is 855 g/mol. The maximum absolute atomic E-state index is 12.4. The fourth-order valence-electron chi connectivity index (χ4n) is 11.6. The molecule has 3 aromatic heterocycles. The van der Waals surface area contributed by atoms with E-state index < -0.39 is 0 Å². The van der Waals surface area contributed by atoms with Crippen LogP contribution in [0.2, 0.25) is 0 Å². The van der Waals surface area contributed by atoms with Crippen molar-refractivity contribution >= 4 is 33.1 Å². The summed E-state index contributed by atoms with van der Waals surface area (Å²) in [6, 6.07) is 63.1. The minimum Gasteiger partial charge on any atom is -0.507 e. The first-order valence-electron chi connectivity index (χ1n) is 24.5. The first kappa shape index (κ1) is 42.1. The predicted octanol–water partition coefficient (Wildman–Crippen LogP) is 16.6. The number of furan rings is 1. The summed E-state index contributed by atoms with van der Waals surface area (Å²) in [5, 5.41) is 13.1. The number of fused-ring (bicyclic) bond motifs is 4. The average molecular weight is 908 g/mol. The van der Waals surface area contributed by atoms with Gasteiger partial charge in [-0.05, 0) is 128 Å². The number of phenols is 1. The van der Waals surface area contributed by atoms with Crippen LogP contribution in [-0.2, 0) is 10.8 Å². The second-order valence-electron chi connectivity index (χ2n) is 21.5. The van der Waals surface area contributed by atoms with Gasteiger partial charge < -0.3 is 9.52 Å². The third-order valence-electron chi connectivity index (χ3n) is 15.1. The zero-order chi connectivity index (χ0) is 47.8. The Morgan fingerprint density at radius 2 is 1.13 bits per heavy atom. The summed E-state index contributed by atoms with van der Waals surface area (Å²) in [7, 11) is 0. The van der Waals surface area contributed by atoms with Crippen LogP contribution in [0.25, 0.3) is 83.7 Å². The number of benzene rings is 8. The number of phenolic OH excluding ortho intramolecular Hbond substituents is 1. The maximum atomic E-state index is 12.4. The number of hydrogen-bond donors (Lipinski definition) is 1. The molecule has 8 aromatic carbocycles. The third kappa shape index (κ3) is 6.37. The summed E-state index contributed by atoms with van der Waals surface area (Å²) in [5.74, 6) is 0.969. The third-order valence-corrected chi connectivity index (χ3v) is 15.1. The number of hydrogen-bond acceptors (Lipinski definition) is 4. The molecule has 3 heterocycles. The molecule has 14 rings (SSSR count). The van der Waals surface area contributed by atoms with Gasteiger partial charge in [0.1, 0.15) is 22.7 Å². The van der Waals surface area contributed by atoms with E-state index in [9.17, 15) is 5.11 Å². The van der Waals surface area contributed by atoms with Gasteiger partial charge in [0.2, 0.25) is 0 Å². The standard InChI is InChI=1S/C65H53N3O2/c1-37-19-11-12-22-43(37)49-35-52(66-60-59-55(69)36-50-56-44-23-13-15-25-46(44)57(47-26-16-14-24-45(47)56)58(50)62(59)70-61(49)60)39-31-40(33-42(32-39)65(5,6)7)63-67-51-27-17-18-28-54(51)68(63)53-30-29-41(64(2,3)4)34-48(53)38-20-9-8-10-21-38/h8-36,56-57,69H,1-7H3. The summed E-state index contributed by atoms with van der Waals surface area (Å²) >= 11 is 0. The van der Waals surface area contributed by atoms with Gasteiger partial charge in [0.05, 0.1) is 27.8 Å². The highest BCUT2D eigenvalue weighted by Crippen LogP contribution is 2.59. The van der Waals surface area contributed by atoms with Gasteiger partial charge in [-0.25, -0.2) is 9.97 Å². The Morgan fingerprint density at radius 3 is 1.83 bits per heavy atom. The molecule has 0 radical (unpaired) electrons. The molecule has 70 heavy (non-hydrogen) atoms. The molecule has 0 unspecified atom stereocenters. The second-order valence-corrected chi connectivity index (χ2v) is 21.5. The van der Waals surface area contributed by atoms with Gasteiger partial charge >= 0.3 is 0 Å². The maximum Gasteiger partial charge on any atom is 0.161 e. The topological polar surface area (TPSA) is 64.1 Å². The molecule has 2 bridgehead atoms. The van der Waals surface area contributed by atoms with E-state index in [0.717, 1.165) is 83.9 Å². The van der Waals surface area contributed by atoms with E-state index in [4.69, 9.17) is 14.4 Å². The Hall–Kier alpha value is -8.02. The highest BCUT2D eigenvalue weighted by molar-refractivity contribution is 6.13. The summed E-state index contributed by atoms with van der Waals surface area (Å²) < 4.78 is 9.60. The fraction of sp³-hybridized carbons (Fsp3) is 0.169. The summed E-state index contributed by atoms with van der Waals surface area (Å²) in [6.45, 7) is 15.8. The van der Waals surface area contributed by atoms with E-state index in [1.807, 2.05) is 6.07 Å². The minimum atomic E-state index is -0.223.